The fraction of sp³-hybridized carbons (Fsp3) is 0.455. The number of halogens is 1. The monoisotopic (exact) mass is 313 g/mol. The molecule has 0 saturated heterocycles. The van der Waals surface area contributed by atoms with E-state index in [1.54, 1.807) is 11.3 Å². The van der Waals surface area contributed by atoms with Crippen LogP contribution in [0.1, 0.15) is 25.2 Å². The van der Waals surface area contributed by atoms with Gasteiger partial charge in [-0.25, -0.2) is 0 Å². The van der Waals surface area contributed by atoms with Gasteiger partial charge in [-0.1, -0.05) is 5.16 Å². The van der Waals surface area contributed by atoms with Gasteiger partial charge in [0.2, 0.25) is 11.7 Å². The average Bonchev–Trinajstić information content (AvgIpc) is 2.84. The summed E-state index contributed by atoms with van der Waals surface area (Å²) in [5.74, 6) is 1.30. The summed E-state index contributed by atoms with van der Waals surface area (Å²) in [7, 11) is 0. The van der Waals surface area contributed by atoms with Crippen LogP contribution in [0.2, 0.25) is 0 Å². The smallest absolute Gasteiger partial charge is 0.228 e. The van der Waals surface area contributed by atoms with Crippen LogP contribution in [-0.4, -0.2) is 15.7 Å². The second-order valence-electron chi connectivity index (χ2n) is 4.51. The molecule has 2 aromatic rings. The minimum atomic E-state index is -0.111. The summed E-state index contributed by atoms with van der Waals surface area (Å²) in [5, 5.41) is 3.99. The molecule has 0 aliphatic heterocycles. The normalized spacial score (nSPS) is 18.0. The first-order valence-corrected chi connectivity index (χ1v) is 7.13. The summed E-state index contributed by atoms with van der Waals surface area (Å²) in [5.41, 5.74) is 6.04. The third-order valence-corrected chi connectivity index (χ3v) is 4.73. The zero-order valence-corrected chi connectivity index (χ0v) is 11.6. The predicted octanol–water partition coefficient (Wildman–Crippen LogP) is 2.98. The first-order valence-electron chi connectivity index (χ1n) is 5.52. The van der Waals surface area contributed by atoms with Crippen molar-refractivity contribution in [1.82, 2.24) is 10.1 Å². The molecule has 0 spiro atoms. The van der Waals surface area contributed by atoms with Crippen LogP contribution in [0.5, 0.6) is 0 Å². The molecular weight excluding hydrogens is 302 g/mol. The van der Waals surface area contributed by atoms with Crippen LogP contribution in [0, 0.1) is 0 Å². The van der Waals surface area contributed by atoms with E-state index >= 15 is 0 Å². The second-order valence-corrected chi connectivity index (χ2v) is 6.97. The Morgan fingerprint density at radius 1 is 1.47 bits per heavy atom. The van der Waals surface area contributed by atoms with Gasteiger partial charge in [-0.2, -0.15) is 4.98 Å². The van der Waals surface area contributed by atoms with Crippen molar-refractivity contribution < 1.29 is 4.52 Å². The van der Waals surface area contributed by atoms with E-state index in [9.17, 15) is 0 Å². The Morgan fingerprint density at radius 2 is 2.29 bits per heavy atom. The molecule has 2 aromatic heterocycles. The molecule has 0 bridgehead atoms. The molecule has 6 heteroatoms. The van der Waals surface area contributed by atoms with Crippen LogP contribution in [0.25, 0.3) is 10.7 Å². The van der Waals surface area contributed by atoms with Crippen LogP contribution in [0.4, 0.5) is 0 Å². The van der Waals surface area contributed by atoms with E-state index in [0.717, 1.165) is 21.5 Å². The molecule has 2 N–H and O–H groups in total. The minimum absolute atomic E-state index is 0.111. The quantitative estimate of drug-likeness (QED) is 0.946. The summed E-state index contributed by atoms with van der Waals surface area (Å²) < 4.78 is 6.31. The molecule has 0 unspecified atom stereocenters. The third kappa shape index (κ3) is 2.29. The number of aromatic nitrogens is 2. The molecule has 17 heavy (non-hydrogen) atoms. The van der Waals surface area contributed by atoms with E-state index in [1.165, 1.54) is 6.42 Å². The molecular formula is C11H12BrN3OS. The molecule has 0 atom stereocenters. The van der Waals surface area contributed by atoms with Gasteiger partial charge in [-0.05, 0) is 47.3 Å². The van der Waals surface area contributed by atoms with Crippen LogP contribution in [-0.2, 0) is 6.42 Å². The molecule has 90 valence electrons. The Morgan fingerprint density at radius 3 is 2.88 bits per heavy atom. The van der Waals surface area contributed by atoms with E-state index in [0.29, 0.717) is 18.1 Å². The van der Waals surface area contributed by atoms with Crippen molar-refractivity contribution in [3.63, 3.8) is 0 Å². The van der Waals surface area contributed by atoms with Crippen LogP contribution < -0.4 is 5.73 Å². The molecule has 0 amide bonds. The minimum Gasteiger partial charge on any atom is -0.339 e. The largest absolute Gasteiger partial charge is 0.339 e. The number of thiophene rings is 1. The average molecular weight is 314 g/mol. The van der Waals surface area contributed by atoms with Gasteiger partial charge in [0.25, 0.3) is 0 Å². The van der Waals surface area contributed by atoms with E-state index in [4.69, 9.17) is 10.3 Å². The van der Waals surface area contributed by atoms with Crippen molar-refractivity contribution in [2.75, 3.05) is 0 Å². The summed E-state index contributed by atoms with van der Waals surface area (Å²) >= 11 is 5.01. The van der Waals surface area contributed by atoms with Gasteiger partial charge in [-0.3, -0.25) is 0 Å². The van der Waals surface area contributed by atoms with Gasteiger partial charge < -0.3 is 10.3 Å². The van der Waals surface area contributed by atoms with Crippen molar-refractivity contribution in [3.8, 4) is 10.7 Å². The fourth-order valence-corrected chi connectivity index (χ4v) is 3.28. The zero-order valence-electron chi connectivity index (χ0n) is 9.15. The maximum absolute atomic E-state index is 6.15. The molecule has 1 saturated carbocycles. The fourth-order valence-electron chi connectivity index (χ4n) is 1.97. The number of nitrogens with zero attached hydrogens (tertiary/aromatic N) is 2. The van der Waals surface area contributed by atoms with Crippen molar-refractivity contribution in [1.29, 1.82) is 0 Å². The van der Waals surface area contributed by atoms with E-state index in [2.05, 4.69) is 26.1 Å². The van der Waals surface area contributed by atoms with Crippen LogP contribution >= 0.6 is 27.3 Å². The highest BCUT2D eigenvalue weighted by molar-refractivity contribution is 9.11. The molecule has 3 rings (SSSR count). The van der Waals surface area contributed by atoms with Crippen LogP contribution in [0.15, 0.2) is 20.4 Å². The number of hydrogen-bond acceptors (Lipinski definition) is 5. The summed E-state index contributed by atoms with van der Waals surface area (Å²) in [6.45, 7) is 0. The van der Waals surface area contributed by atoms with Crippen molar-refractivity contribution >= 4 is 27.3 Å². The van der Waals surface area contributed by atoms with E-state index < -0.39 is 0 Å². The topological polar surface area (TPSA) is 64.9 Å². The Bertz CT molecular complexity index is 532. The first kappa shape index (κ1) is 11.4. The number of nitrogens with two attached hydrogens (primary N) is 1. The molecule has 2 heterocycles. The molecule has 1 fully saturated rings. The van der Waals surface area contributed by atoms with Crippen molar-refractivity contribution in [2.45, 2.75) is 31.2 Å². The molecule has 0 radical (unpaired) electrons. The highest BCUT2D eigenvalue weighted by atomic mass is 79.9. The lowest BCUT2D eigenvalue weighted by atomic mass is 9.75. The second kappa shape index (κ2) is 4.19. The van der Waals surface area contributed by atoms with E-state index in [1.807, 2.05) is 12.1 Å². The van der Waals surface area contributed by atoms with Gasteiger partial charge in [0.15, 0.2) is 0 Å². The summed E-state index contributed by atoms with van der Waals surface area (Å²) in [6.07, 6.45) is 3.99. The molecule has 1 aliphatic carbocycles. The Hall–Kier alpha value is -0.720. The van der Waals surface area contributed by atoms with Gasteiger partial charge >= 0.3 is 0 Å². The molecule has 1 aliphatic rings. The molecule has 0 aromatic carbocycles. The number of rotatable bonds is 3. The van der Waals surface area contributed by atoms with E-state index in [-0.39, 0.29) is 5.54 Å². The lowest BCUT2D eigenvalue weighted by molar-refractivity contribution is 0.222. The van der Waals surface area contributed by atoms with Crippen molar-refractivity contribution in [2.24, 2.45) is 5.73 Å². The van der Waals surface area contributed by atoms with Gasteiger partial charge in [-0.15, -0.1) is 11.3 Å². The molecule has 4 nitrogen and oxygen atoms in total. The predicted molar refractivity (Wildman–Crippen MR) is 69.8 cm³/mol. The highest BCUT2D eigenvalue weighted by Gasteiger charge is 2.34. The zero-order chi connectivity index (χ0) is 11.9. The maximum Gasteiger partial charge on any atom is 0.228 e. The first-order chi connectivity index (χ1) is 8.15. The standard InChI is InChI=1S/C11H12BrN3OS/c12-8-3-2-7(17-8)10-14-9(16-15-10)6-11(13)4-1-5-11/h2-3H,1,4-6,13H2. The van der Waals surface area contributed by atoms with Crippen LogP contribution in [0.3, 0.4) is 0 Å². The third-order valence-electron chi connectivity index (χ3n) is 3.11. The Labute approximate surface area is 111 Å². The summed E-state index contributed by atoms with van der Waals surface area (Å²) in [6, 6.07) is 3.96. The summed E-state index contributed by atoms with van der Waals surface area (Å²) in [4.78, 5) is 5.40. The van der Waals surface area contributed by atoms with Gasteiger partial charge in [0.1, 0.15) is 0 Å². The van der Waals surface area contributed by atoms with Crippen molar-refractivity contribution in [3.05, 3.63) is 21.8 Å². The Balaban J connectivity index is 1.78. The SMILES string of the molecule is NC1(Cc2nc(-c3ccc(Br)s3)no2)CCC1. The van der Waals surface area contributed by atoms with Gasteiger partial charge in [0, 0.05) is 12.0 Å². The van der Waals surface area contributed by atoms with Gasteiger partial charge in [0.05, 0.1) is 8.66 Å². The Kier molecular flexibility index (Phi) is 2.80. The lowest BCUT2D eigenvalue weighted by Crippen LogP contribution is -2.48. The number of hydrogen-bond donors (Lipinski definition) is 1. The highest BCUT2D eigenvalue weighted by Crippen LogP contribution is 2.33. The maximum atomic E-state index is 6.15. The lowest BCUT2D eigenvalue weighted by Gasteiger charge is -2.36.